The van der Waals surface area contributed by atoms with E-state index in [1.807, 2.05) is 18.3 Å². The molecule has 2 aromatic rings. The third kappa shape index (κ3) is 5.25. The van der Waals surface area contributed by atoms with Crippen molar-refractivity contribution in [2.24, 2.45) is 0 Å². The van der Waals surface area contributed by atoms with Gasteiger partial charge in [0.25, 0.3) is 5.91 Å². The maximum Gasteiger partial charge on any atom is 0.253 e. The van der Waals surface area contributed by atoms with Gasteiger partial charge in [-0.3, -0.25) is 4.79 Å². The highest BCUT2D eigenvalue weighted by Crippen LogP contribution is 2.35. The van der Waals surface area contributed by atoms with Crippen LogP contribution in [-0.2, 0) is 9.53 Å². The number of nitrogens with zero attached hydrogens (tertiary/aromatic N) is 5. The van der Waals surface area contributed by atoms with Crippen molar-refractivity contribution in [1.29, 1.82) is 0 Å². The molecule has 1 aliphatic carbocycles. The van der Waals surface area contributed by atoms with Crippen molar-refractivity contribution in [3.05, 3.63) is 36.7 Å². The number of pyridine rings is 2. The monoisotopic (exact) mass is 507 g/mol. The second-order valence-electron chi connectivity index (χ2n) is 10.8. The Morgan fingerprint density at radius 3 is 2.24 bits per heavy atom. The zero-order chi connectivity index (χ0) is 25.2. The molecule has 5 heterocycles. The Morgan fingerprint density at radius 2 is 1.62 bits per heavy atom. The predicted molar refractivity (Wildman–Crippen MR) is 140 cm³/mol. The topological polar surface area (TPSA) is 80.3 Å². The highest BCUT2D eigenvalue weighted by molar-refractivity contribution is 5.95. The number of ether oxygens (including phenoxy) is 3. The number of aromatic nitrogens is 2. The molecule has 0 N–H and O–H groups in total. The summed E-state index contributed by atoms with van der Waals surface area (Å²) in [6, 6.07) is 8.61. The largest absolute Gasteiger partial charge is 0.481 e. The molecule has 0 bridgehead atoms. The minimum Gasteiger partial charge on any atom is -0.481 e. The van der Waals surface area contributed by atoms with Crippen molar-refractivity contribution >= 4 is 17.3 Å². The Morgan fingerprint density at radius 1 is 0.919 bits per heavy atom. The molecule has 198 valence electrons. The van der Waals surface area contributed by atoms with Crippen LogP contribution in [0.15, 0.2) is 36.7 Å². The van der Waals surface area contributed by atoms with Crippen molar-refractivity contribution in [3.63, 3.8) is 0 Å². The molecule has 0 atom stereocenters. The second kappa shape index (κ2) is 10.5. The zero-order valence-corrected chi connectivity index (χ0v) is 21.7. The van der Waals surface area contributed by atoms with Gasteiger partial charge in [-0.05, 0) is 50.7 Å². The van der Waals surface area contributed by atoms with Gasteiger partial charge in [-0.1, -0.05) is 6.42 Å². The van der Waals surface area contributed by atoms with Crippen LogP contribution in [0.25, 0.3) is 0 Å². The van der Waals surface area contributed by atoms with E-state index in [4.69, 9.17) is 14.2 Å². The van der Waals surface area contributed by atoms with E-state index in [2.05, 4.69) is 25.8 Å². The van der Waals surface area contributed by atoms with E-state index in [0.29, 0.717) is 12.4 Å². The van der Waals surface area contributed by atoms with Gasteiger partial charge in [0, 0.05) is 44.4 Å². The number of piperidine rings is 2. The summed E-state index contributed by atoms with van der Waals surface area (Å²) in [6.07, 6.45) is 11.9. The van der Waals surface area contributed by atoms with Crippen molar-refractivity contribution in [3.8, 4) is 11.8 Å². The first-order valence-electron chi connectivity index (χ1n) is 13.7. The van der Waals surface area contributed by atoms with Crippen molar-refractivity contribution in [1.82, 2.24) is 14.9 Å². The summed E-state index contributed by atoms with van der Waals surface area (Å²) >= 11 is 0. The molecule has 9 nitrogen and oxygen atoms in total. The third-order valence-corrected chi connectivity index (χ3v) is 8.61. The molecule has 9 heteroatoms. The van der Waals surface area contributed by atoms with E-state index in [0.717, 1.165) is 75.2 Å². The van der Waals surface area contributed by atoms with Gasteiger partial charge in [0.15, 0.2) is 0 Å². The minimum absolute atomic E-state index is 0.0338. The third-order valence-electron chi connectivity index (χ3n) is 8.61. The smallest absolute Gasteiger partial charge is 0.253 e. The predicted octanol–water partition coefficient (Wildman–Crippen LogP) is 3.28. The Bertz CT molecular complexity index is 1060. The number of morpholine rings is 1. The van der Waals surface area contributed by atoms with Crippen LogP contribution in [0.5, 0.6) is 11.8 Å². The van der Waals surface area contributed by atoms with Crippen LogP contribution < -0.4 is 19.3 Å². The number of amides is 1. The lowest BCUT2D eigenvalue weighted by Gasteiger charge is -2.47. The summed E-state index contributed by atoms with van der Waals surface area (Å²) in [5.41, 5.74) is 1.55. The number of rotatable bonds is 6. The standard InChI is InChI=1S/C28H37N5O4/c1-35-25-7-6-23(18-29-25)33-20-28(36-19-27(33)34)11-15-32(16-12-28)22-5-8-26(30-17-22)37-24-9-13-31(14-10-24)21-3-2-4-21/h5-8,17-18,21,24H,2-4,9-16,19-20H2,1H3. The van der Waals surface area contributed by atoms with Crippen molar-refractivity contribution in [2.75, 3.05) is 56.2 Å². The molecule has 1 saturated carbocycles. The SMILES string of the molecule is COc1ccc(N2CC3(CCN(c4ccc(OC5CCN(C6CCC6)CC5)nc4)CC3)OCC2=O)cn1. The quantitative estimate of drug-likeness (QED) is 0.590. The van der Waals surface area contributed by atoms with Crippen molar-refractivity contribution in [2.45, 2.75) is 62.7 Å². The first kappa shape index (κ1) is 24.4. The lowest BCUT2D eigenvalue weighted by atomic mass is 9.89. The van der Waals surface area contributed by atoms with Gasteiger partial charge in [0.05, 0.1) is 43.0 Å². The molecule has 4 fully saturated rings. The first-order valence-corrected chi connectivity index (χ1v) is 13.7. The molecule has 3 aliphatic heterocycles. The van der Waals surface area contributed by atoms with E-state index in [1.165, 1.54) is 19.3 Å². The highest BCUT2D eigenvalue weighted by atomic mass is 16.5. The summed E-state index contributed by atoms with van der Waals surface area (Å²) in [7, 11) is 1.58. The molecular weight excluding hydrogens is 470 g/mol. The van der Waals surface area contributed by atoms with Crippen LogP contribution >= 0.6 is 0 Å². The van der Waals surface area contributed by atoms with Crippen LogP contribution in [0.2, 0.25) is 0 Å². The number of carbonyl (C=O) groups excluding carboxylic acids is 1. The Hall–Kier alpha value is -2.91. The van der Waals surface area contributed by atoms with Crippen molar-refractivity contribution < 1.29 is 19.0 Å². The fraction of sp³-hybridized carbons (Fsp3) is 0.607. The van der Waals surface area contributed by atoms with Crippen LogP contribution in [0, 0.1) is 0 Å². The zero-order valence-electron chi connectivity index (χ0n) is 21.7. The summed E-state index contributed by atoms with van der Waals surface area (Å²) in [6.45, 7) is 4.62. The van der Waals surface area contributed by atoms with E-state index < -0.39 is 0 Å². The molecule has 0 aromatic carbocycles. The lowest BCUT2D eigenvalue weighted by molar-refractivity contribution is -0.141. The van der Waals surface area contributed by atoms with Gasteiger partial charge >= 0.3 is 0 Å². The van der Waals surface area contributed by atoms with Gasteiger partial charge in [-0.2, -0.15) is 0 Å². The van der Waals surface area contributed by atoms with Gasteiger partial charge in [-0.15, -0.1) is 0 Å². The van der Waals surface area contributed by atoms with Crippen LogP contribution in [0.1, 0.15) is 44.9 Å². The molecule has 2 aromatic heterocycles. The molecule has 0 radical (unpaired) electrons. The van der Waals surface area contributed by atoms with E-state index in [-0.39, 0.29) is 24.2 Å². The number of likely N-dealkylation sites (tertiary alicyclic amines) is 1. The van der Waals surface area contributed by atoms with Gasteiger partial charge < -0.3 is 28.9 Å². The minimum atomic E-state index is -0.338. The van der Waals surface area contributed by atoms with Crippen LogP contribution in [0.4, 0.5) is 11.4 Å². The molecule has 37 heavy (non-hydrogen) atoms. The van der Waals surface area contributed by atoms with Gasteiger partial charge in [0.1, 0.15) is 12.7 Å². The van der Waals surface area contributed by atoms with Gasteiger partial charge in [-0.25, -0.2) is 9.97 Å². The summed E-state index contributed by atoms with van der Waals surface area (Å²) < 4.78 is 17.5. The van der Waals surface area contributed by atoms with E-state index in [1.54, 1.807) is 24.3 Å². The van der Waals surface area contributed by atoms with E-state index >= 15 is 0 Å². The molecular formula is C28H37N5O4. The second-order valence-corrected chi connectivity index (χ2v) is 10.8. The molecule has 4 aliphatic rings. The van der Waals surface area contributed by atoms with Gasteiger partial charge in [0.2, 0.25) is 11.8 Å². The Labute approximate surface area is 218 Å². The fourth-order valence-electron chi connectivity index (χ4n) is 5.99. The Balaban J connectivity index is 1.01. The molecule has 3 saturated heterocycles. The summed E-state index contributed by atoms with van der Waals surface area (Å²) in [4.78, 5) is 28.3. The summed E-state index contributed by atoms with van der Waals surface area (Å²) in [5, 5.41) is 0. The molecule has 6 rings (SSSR count). The number of hydrogen-bond donors (Lipinski definition) is 0. The highest BCUT2D eigenvalue weighted by Gasteiger charge is 2.43. The number of carbonyl (C=O) groups is 1. The molecule has 1 spiro atoms. The Kier molecular flexibility index (Phi) is 6.90. The lowest BCUT2D eigenvalue weighted by Crippen LogP contribution is -2.59. The van der Waals surface area contributed by atoms with Crippen LogP contribution in [-0.4, -0.2) is 85.0 Å². The fourth-order valence-corrected chi connectivity index (χ4v) is 5.99. The van der Waals surface area contributed by atoms with Crippen LogP contribution in [0.3, 0.4) is 0 Å². The number of hydrogen-bond acceptors (Lipinski definition) is 8. The number of methoxy groups -OCH3 is 1. The average molecular weight is 508 g/mol. The normalized spacial score (nSPS) is 23.2. The average Bonchev–Trinajstić information content (AvgIpc) is 2.91. The first-order chi connectivity index (χ1) is 18.1. The summed E-state index contributed by atoms with van der Waals surface area (Å²) in [5.74, 6) is 1.22. The maximum absolute atomic E-state index is 12.6. The van der Waals surface area contributed by atoms with E-state index in [9.17, 15) is 4.79 Å². The number of anilines is 2. The molecule has 1 amide bonds. The molecule has 0 unspecified atom stereocenters. The maximum atomic E-state index is 12.6.